The molecule has 0 bridgehead atoms. The van der Waals surface area contributed by atoms with Crippen LogP contribution in [0.2, 0.25) is 5.02 Å². The number of halogens is 6. The minimum Gasteiger partial charge on any atom is -0.394 e. The summed E-state index contributed by atoms with van der Waals surface area (Å²) < 4.78 is 95.2. The van der Waals surface area contributed by atoms with Gasteiger partial charge in [-0.15, -0.1) is 0 Å². The maximum atomic E-state index is 13.9. The predicted octanol–water partition coefficient (Wildman–Crippen LogP) is 5.31. The van der Waals surface area contributed by atoms with E-state index in [4.69, 9.17) is 11.6 Å². The summed E-state index contributed by atoms with van der Waals surface area (Å²) in [6, 6.07) is 8.06. The molecule has 16 heteroatoms. The van der Waals surface area contributed by atoms with Gasteiger partial charge in [-0.3, -0.25) is 4.79 Å². The van der Waals surface area contributed by atoms with E-state index >= 15 is 0 Å². The summed E-state index contributed by atoms with van der Waals surface area (Å²) in [5.41, 5.74) is -3.66. The molecule has 2 aromatic heterocycles. The van der Waals surface area contributed by atoms with E-state index in [0.717, 1.165) is 47.1 Å². The van der Waals surface area contributed by atoms with Crippen LogP contribution in [0.15, 0.2) is 59.6 Å². The van der Waals surface area contributed by atoms with Crippen LogP contribution in [0.1, 0.15) is 41.9 Å². The number of alkyl halides is 5. The van der Waals surface area contributed by atoms with Gasteiger partial charge in [0.2, 0.25) is 10.0 Å². The molecule has 0 aliphatic carbocycles. The van der Waals surface area contributed by atoms with Crippen LogP contribution in [0.4, 0.5) is 27.6 Å². The van der Waals surface area contributed by atoms with E-state index in [9.17, 15) is 40.3 Å². The Kier molecular flexibility index (Phi) is 8.10. The lowest BCUT2D eigenvalue weighted by Crippen LogP contribution is -2.46. The first-order valence-electron chi connectivity index (χ1n) is 11.6. The highest BCUT2D eigenvalue weighted by molar-refractivity contribution is 7.89. The van der Waals surface area contributed by atoms with Gasteiger partial charge in [-0.25, -0.2) is 31.4 Å². The van der Waals surface area contributed by atoms with Gasteiger partial charge in [0.25, 0.3) is 12.3 Å². The van der Waals surface area contributed by atoms with Gasteiger partial charge in [0.05, 0.1) is 45.2 Å². The van der Waals surface area contributed by atoms with Crippen molar-refractivity contribution in [3.05, 3.63) is 76.6 Å². The highest BCUT2D eigenvalue weighted by Gasteiger charge is 2.30. The van der Waals surface area contributed by atoms with Crippen LogP contribution in [0.25, 0.3) is 16.9 Å². The maximum Gasteiger partial charge on any atom is 0.416 e. The predicted molar refractivity (Wildman–Crippen MR) is 139 cm³/mol. The molecule has 0 radical (unpaired) electrons. The first-order chi connectivity index (χ1) is 19.0. The minimum absolute atomic E-state index is 0.0538. The van der Waals surface area contributed by atoms with E-state index in [-0.39, 0.29) is 38.1 Å². The molecule has 2 heterocycles. The van der Waals surface area contributed by atoms with E-state index in [2.05, 4.69) is 20.1 Å². The minimum atomic E-state index is -4.61. The summed E-state index contributed by atoms with van der Waals surface area (Å²) in [5, 5.41) is 15.6. The number of aliphatic hydroxyl groups is 1. The van der Waals surface area contributed by atoms with Crippen molar-refractivity contribution < 1.29 is 40.3 Å². The van der Waals surface area contributed by atoms with Crippen molar-refractivity contribution in [2.45, 2.75) is 36.9 Å². The zero-order valence-corrected chi connectivity index (χ0v) is 22.7. The molecule has 0 aliphatic rings. The lowest BCUT2D eigenvalue weighted by molar-refractivity contribution is -0.137. The van der Waals surface area contributed by atoms with E-state index < -0.39 is 51.9 Å². The van der Waals surface area contributed by atoms with Gasteiger partial charge < -0.3 is 10.4 Å². The van der Waals surface area contributed by atoms with Gasteiger partial charge in [-0.05, 0) is 50.2 Å². The van der Waals surface area contributed by atoms with Crippen LogP contribution in [-0.2, 0) is 16.2 Å². The highest BCUT2D eigenvalue weighted by Crippen LogP contribution is 2.32. The molecule has 218 valence electrons. The van der Waals surface area contributed by atoms with E-state index in [0.29, 0.717) is 0 Å². The summed E-state index contributed by atoms with van der Waals surface area (Å²) in [6.45, 7) is 2.40. The number of amides is 1. The first kappa shape index (κ1) is 30.3. The first-order valence-corrected chi connectivity index (χ1v) is 13.5. The number of anilines is 1. The van der Waals surface area contributed by atoms with Crippen LogP contribution in [0.3, 0.4) is 0 Å². The lowest BCUT2D eigenvalue weighted by atomic mass is 10.1. The molecule has 3 N–H and O–H groups in total. The van der Waals surface area contributed by atoms with E-state index in [1.54, 1.807) is 0 Å². The molecule has 1 amide bonds. The zero-order valence-electron chi connectivity index (χ0n) is 21.2. The van der Waals surface area contributed by atoms with Crippen LogP contribution in [0, 0.1) is 0 Å². The van der Waals surface area contributed by atoms with Crippen LogP contribution in [-0.4, -0.2) is 46.2 Å². The number of hydrogen-bond donors (Lipinski definition) is 3. The standard InChI is InChI=1S/C25H21ClF5N5O4S/c1-24(2,12-37)35-41(39,40)15-7-8-17(26)19(9-15)34-23(38)16-11-32-36-20(21(27)28)10-18(33-22(16)36)13-3-5-14(6-4-13)25(29,30)31/h3-11,21,35,37H,12H2,1-2H3,(H,34,38). The maximum absolute atomic E-state index is 13.9. The summed E-state index contributed by atoms with van der Waals surface area (Å²) in [7, 11) is -4.16. The Balaban J connectivity index is 1.73. The molecule has 0 unspecified atom stereocenters. The van der Waals surface area contributed by atoms with Gasteiger partial charge in [-0.1, -0.05) is 23.7 Å². The number of benzene rings is 2. The largest absolute Gasteiger partial charge is 0.416 e. The van der Waals surface area contributed by atoms with Crippen LogP contribution in [0.5, 0.6) is 0 Å². The van der Waals surface area contributed by atoms with Crippen molar-refractivity contribution in [2.24, 2.45) is 0 Å². The molecule has 0 spiro atoms. The van der Waals surface area contributed by atoms with Crippen molar-refractivity contribution in [1.29, 1.82) is 0 Å². The van der Waals surface area contributed by atoms with Crippen molar-refractivity contribution in [1.82, 2.24) is 19.3 Å². The fourth-order valence-electron chi connectivity index (χ4n) is 3.69. The second-order valence-electron chi connectivity index (χ2n) is 9.48. The number of sulfonamides is 1. The third kappa shape index (κ3) is 6.48. The quantitative estimate of drug-likeness (QED) is 0.230. The second-order valence-corrected chi connectivity index (χ2v) is 11.6. The van der Waals surface area contributed by atoms with Gasteiger partial charge in [0.15, 0.2) is 5.65 Å². The van der Waals surface area contributed by atoms with Gasteiger partial charge in [0.1, 0.15) is 11.3 Å². The molecule has 0 fully saturated rings. The Labute approximate surface area is 235 Å². The Bertz CT molecular complexity index is 1720. The number of fused-ring (bicyclic) bond motifs is 1. The van der Waals surface area contributed by atoms with E-state index in [1.165, 1.54) is 26.0 Å². The molecule has 2 aromatic carbocycles. The molecule has 0 saturated carbocycles. The molecular weight excluding hydrogens is 597 g/mol. The average Bonchev–Trinajstić information content (AvgIpc) is 3.32. The third-order valence-electron chi connectivity index (χ3n) is 5.78. The molecule has 0 atom stereocenters. The summed E-state index contributed by atoms with van der Waals surface area (Å²) in [4.78, 5) is 17.1. The smallest absolute Gasteiger partial charge is 0.394 e. The molecular formula is C25H21ClF5N5O4S. The SMILES string of the molecule is CC(C)(CO)NS(=O)(=O)c1ccc(Cl)c(NC(=O)c2cnn3c(C(F)F)cc(-c4ccc(C(F)(F)F)cc4)nc23)c1. The normalized spacial score (nSPS) is 12.7. The second kappa shape index (κ2) is 11.0. The lowest BCUT2D eigenvalue weighted by Gasteiger charge is -2.23. The van der Waals surface area contributed by atoms with Crippen LogP contribution < -0.4 is 10.0 Å². The van der Waals surface area contributed by atoms with Gasteiger partial charge in [0, 0.05) is 5.56 Å². The van der Waals surface area contributed by atoms with Crippen molar-refractivity contribution in [3.8, 4) is 11.3 Å². The number of nitrogens with zero attached hydrogens (tertiary/aromatic N) is 3. The summed E-state index contributed by atoms with van der Waals surface area (Å²) in [6.07, 6.45) is -6.74. The number of rotatable bonds is 8. The number of hydrogen-bond acceptors (Lipinski definition) is 6. The number of carbonyl (C=O) groups is 1. The molecule has 4 rings (SSSR count). The Morgan fingerprint density at radius 1 is 1.10 bits per heavy atom. The van der Waals surface area contributed by atoms with Crippen molar-refractivity contribution in [3.63, 3.8) is 0 Å². The Hall–Kier alpha value is -3.66. The molecule has 9 nitrogen and oxygen atoms in total. The monoisotopic (exact) mass is 617 g/mol. The summed E-state index contributed by atoms with van der Waals surface area (Å²) >= 11 is 6.16. The number of nitrogens with one attached hydrogen (secondary N) is 2. The molecule has 4 aromatic rings. The van der Waals surface area contributed by atoms with Gasteiger partial charge in [-0.2, -0.15) is 18.3 Å². The third-order valence-corrected chi connectivity index (χ3v) is 7.80. The molecule has 0 saturated heterocycles. The van der Waals surface area contributed by atoms with Crippen LogP contribution >= 0.6 is 11.6 Å². The number of aliphatic hydroxyl groups excluding tert-OH is 1. The van der Waals surface area contributed by atoms with E-state index in [1.807, 2.05) is 0 Å². The van der Waals surface area contributed by atoms with Gasteiger partial charge >= 0.3 is 6.18 Å². The number of aromatic nitrogens is 3. The Morgan fingerprint density at radius 2 is 1.76 bits per heavy atom. The fraction of sp³-hybridized carbons (Fsp3) is 0.240. The fourth-order valence-corrected chi connectivity index (χ4v) is 5.29. The molecule has 0 aliphatic heterocycles. The van der Waals surface area contributed by atoms with Crippen molar-refractivity contribution >= 4 is 38.9 Å². The summed E-state index contributed by atoms with van der Waals surface area (Å²) in [5.74, 6) is -0.933. The highest BCUT2D eigenvalue weighted by atomic mass is 35.5. The molecule has 41 heavy (non-hydrogen) atoms. The van der Waals surface area contributed by atoms with Crippen molar-refractivity contribution in [2.75, 3.05) is 11.9 Å². The number of carbonyl (C=O) groups excluding carboxylic acids is 1. The Morgan fingerprint density at radius 3 is 2.34 bits per heavy atom. The average molecular weight is 618 g/mol. The topological polar surface area (TPSA) is 126 Å². The zero-order chi connectivity index (χ0) is 30.3.